The quantitative estimate of drug-likeness (QED) is 0.684. The van der Waals surface area contributed by atoms with Crippen molar-refractivity contribution in [1.82, 2.24) is 0 Å². The third-order valence-corrected chi connectivity index (χ3v) is 4.13. The third kappa shape index (κ3) is 6.05. The van der Waals surface area contributed by atoms with Gasteiger partial charge in [-0.15, -0.1) is 0 Å². The molecule has 0 aliphatic heterocycles. The van der Waals surface area contributed by atoms with Crippen LogP contribution in [0.2, 0.25) is 0 Å². The lowest BCUT2D eigenvalue weighted by atomic mass is 10.0. The summed E-state index contributed by atoms with van der Waals surface area (Å²) in [6.07, 6.45) is 2.41. The van der Waals surface area contributed by atoms with Gasteiger partial charge in [-0.05, 0) is 18.8 Å². The third-order valence-electron chi connectivity index (χ3n) is 2.34. The Bertz CT molecular complexity index is 205. The molecule has 3 nitrogen and oxygen atoms in total. The predicted octanol–water partition coefficient (Wildman–Crippen LogP) is 1.22. The molecule has 0 saturated heterocycles. The minimum Gasteiger partial charge on any atom is -0.396 e. The molecule has 0 spiro atoms. The Hall–Kier alpha value is -0.0900. The molecule has 0 aromatic rings. The highest BCUT2D eigenvalue weighted by atomic mass is 32.2. The molecule has 1 atom stereocenters. The molecule has 13 heavy (non-hydrogen) atoms. The van der Waals surface area contributed by atoms with Crippen molar-refractivity contribution >= 4 is 9.84 Å². The number of hydrogen-bond acceptors (Lipinski definition) is 3. The molecule has 0 rings (SSSR count). The van der Waals surface area contributed by atoms with Crippen LogP contribution in [0.5, 0.6) is 0 Å². The Morgan fingerprint density at radius 2 is 1.92 bits per heavy atom. The first-order valence-corrected chi connectivity index (χ1v) is 6.69. The van der Waals surface area contributed by atoms with E-state index in [4.69, 9.17) is 5.11 Å². The first-order chi connectivity index (χ1) is 6.05. The Kier molecular flexibility index (Phi) is 6.33. The van der Waals surface area contributed by atoms with Crippen LogP contribution in [0.4, 0.5) is 0 Å². The minimum absolute atomic E-state index is 0.169. The second kappa shape index (κ2) is 6.38. The second-order valence-electron chi connectivity index (χ2n) is 3.34. The standard InChI is InChI=1S/C9H20O3S/c1-3-9(8-10)6-5-7-13(11,12)4-2/h9-10H,3-8H2,1-2H3. The van der Waals surface area contributed by atoms with Crippen molar-refractivity contribution in [3.05, 3.63) is 0 Å². The van der Waals surface area contributed by atoms with E-state index in [0.717, 1.165) is 12.8 Å². The maximum absolute atomic E-state index is 11.1. The summed E-state index contributed by atoms with van der Waals surface area (Å²) >= 11 is 0. The summed E-state index contributed by atoms with van der Waals surface area (Å²) in [7, 11) is -2.81. The highest BCUT2D eigenvalue weighted by molar-refractivity contribution is 7.91. The largest absolute Gasteiger partial charge is 0.396 e. The highest BCUT2D eigenvalue weighted by Crippen LogP contribution is 2.10. The molecule has 0 amide bonds. The number of aliphatic hydroxyl groups excluding tert-OH is 1. The summed E-state index contributed by atoms with van der Waals surface area (Å²) in [4.78, 5) is 0. The van der Waals surface area contributed by atoms with Gasteiger partial charge in [-0.3, -0.25) is 0 Å². The molecule has 4 heteroatoms. The van der Waals surface area contributed by atoms with Gasteiger partial charge in [0.25, 0.3) is 0 Å². The van der Waals surface area contributed by atoms with E-state index in [2.05, 4.69) is 0 Å². The molecule has 0 fully saturated rings. The molecular formula is C9H20O3S. The summed E-state index contributed by atoms with van der Waals surface area (Å²) in [6.45, 7) is 3.84. The van der Waals surface area contributed by atoms with E-state index >= 15 is 0 Å². The zero-order valence-electron chi connectivity index (χ0n) is 8.49. The van der Waals surface area contributed by atoms with Gasteiger partial charge < -0.3 is 5.11 Å². The average Bonchev–Trinajstić information content (AvgIpc) is 2.12. The van der Waals surface area contributed by atoms with Crippen LogP contribution in [0, 0.1) is 5.92 Å². The van der Waals surface area contributed by atoms with E-state index in [-0.39, 0.29) is 24.0 Å². The Morgan fingerprint density at radius 1 is 1.31 bits per heavy atom. The fourth-order valence-corrected chi connectivity index (χ4v) is 2.06. The van der Waals surface area contributed by atoms with Crippen LogP contribution in [0.25, 0.3) is 0 Å². The van der Waals surface area contributed by atoms with Crippen molar-refractivity contribution in [2.75, 3.05) is 18.1 Å². The molecule has 80 valence electrons. The second-order valence-corrected chi connectivity index (χ2v) is 5.81. The van der Waals surface area contributed by atoms with Gasteiger partial charge in [0.05, 0.1) is 5.75 Å². The topological polar surface area (TPSA) is 54.4 Å². The van der Waals surface area contributed by atoms with Gasteiger partial charge in [0.15, 0.2) is 0 Å². The molecule has 0 radical (unpaired) electrons. The van der Waals surface area contributed by atoms with Crippen molar-refractivity contribution in [1.29, 1.82) is 0 Å². The predicted molar refractivity (Wildman–Crippen MR) is 54.4 cm³/mol. The summed E-state index contributed by atoms with van der Waals surface area (Å²) in [5, 5.41) is 8.86. The van der Waals surface area contributed by atoms with Crippen LogP contribution < -0.4 is 0 Å². The van der Waals surface area contributed by atoms with Gasteiger partial charge >= 0.3 is 0 Å². The minimum atomic E-state index is -2.81. The maximum atomic E-state index is 11.1. The van der Waals surface area contributed by atoms with E-state index in [0.29, 0.717) is 6.42 Å². The van der Waals surface area contributed by atoms with Crippen LogP contribution in [0.1, 0.15) is 33.1 Å². The molecule has 0 aromatic carbocycles. The van der Waals surface area contributed by atoms with Crippen LogP contribution >= 0.6 is 0 Å². The molecule has 0 saturated carbocycles. The lowest BCUT2D eigenvalue weighted by Crippen LogP contribution is -2.11. The molecule has 1 N–H and O–H groups in total. The smallest absolute Gasteiger partial charge is 0.150 e. The Labute approximate surface area is 81.1 Å². The molecule has 1 unspecified atom stereocenters. The summed E-state index contributed by atoms with van der Waals surface area (Å²) < 4.78 is 22.2. The fraction of sp³-hybridized carbons (Fsp3) is 1.00. The van der Waals surface area contributed by atoms with Gasteiger partial charge in [-0.25, -0.2) is 8.42 Å². The normalized spacial score (nSPS) is 14.4. The lowest BCUT2D eigenvalue weighted by molar-refractivity contribution is 0.214. The van der Waals surface area contributed by atoms with Gasteiger partial charge in [0.1, 0.15) is 9.84 Å². The van der Waals surface area contributed by atoms with Crippen molar-refractivity contribution in [3.63, 3.8) is 0 Å². The van der Waals surface area contributed by atoms with Crippen molar-refractivity contribution in [2.24, 2.45) is 5.92 Å². The first-order valence-electron chi connectivity index (χ1n) is 4.87. The fourth-order valence-electron chi connectivity index (χ4n) is 1.16. The van der Waals surface area contributed by atoms with Crippen LogP contribution in [-0.4, -0.2) is 31.6 Å². The number of aliphatic hydroxyl groups is 1. The van der Waals surface area contributed by atoms with Gasteiger partial charge in [-0.2, -0.15) is 0 Å². The van der Waals surface area contributed by atoms with Crippen molar-refractivity contribution in [3.8, 4) is 0 Å². The lowest BCUT2D eigenvalue weighted by Gasteiger charge is -2.10. The van der Waals surface area contributed by atoms with Crippen molar-refractivity contribution in [2.45, 2.75) is 33.1 Å². The van der Waals surface area contributed by atoms with Crippen LogP contribution in [-0.2, 0) is 9.84 Å². The number of rotatable bonds is 7. The molecule has 0 heterocycles. The summed E-state index contributed by atoms with van der Waals surface area (Å²) in [6, 6.07) is 0. The zero-order valence-corrected chi connectivity index (χ0v) is 9.31. The van der Waals surface area contributed by atoms with E-state index < -0.39 is 9.84 Å². The maximum Gasteiger partial charge on any atom is 0.150 e. The Balaban J connectivity index is 3.67. The number of hydrogen-bond donors (Lipinski definition) is 1. The highest BCUT2D eigenvalue weighted by Gasteiger charge is 2.09. The van der Waals surface area contributed by atoms with Crippen LogP contribution in [0.15, 0.2) is 0 Å². The molecule has 0 bridgehead atoms. The van der Waals surface area contributed by atoms with Gasteiger partial charge in [0.2, 0.25) is 0 Å². The van der Waals surface area contributed by atoms with Gasteiger partial charge in [0, 0.05) is 12.4 Å². The average molecular weight is 208 g/mol. The monoisotopic (exact) mass is 208 g/mol. The molecule has 0 aromatic heterocycles. The van der Waals surface area contributed by atoms with Gasteiger partial charge in [-0.1, -0.05) is 20.3 Å². The zero-order chi connectivity index (χ0) is 10.3. The van der Waals surface area contributed by atoms with E-state index in [1.165, 1.54) is 0 Å². The molecular weight excluding hydrogens is 188 g/mol. The summed E-state index contributed by atoms with van der Waals surface area (Å²) in [5.74, 6) is 0.759. The molecule has 0 aliphatic carbocycles. The molecule has 0 aliphatic rings. The van der Waals surface area contributed by atoms with E-state index in [1.807, 2.05) is 6.92 Å². The van der Waals surface area contributed by atoms with E-state index in [1.54, 1.807) is 6.92 Å². The number of sulfone groups is 1. The van der Waals surface area contributed by atoms with E-state index in [9.17, 15) is 8.42 Å². The van der Waals surface area contributed by atoms with Crippen molar-refractivity contribution < 1.29 is 13.5 Å². The SMILES string of the molecule is CCC(CO)CCCS(=O)(=O)CC. The first kappa shape index (κ1) is 12.9. The summed E-state index contributed by atoms with van der Waals surface area (Å²) in [5.41, 5.74) is 0. The van der Waals surface area contributed by atoms with Crippen LogP contribution in [0.3, 0.4) is 0 Å². The Morgan fingerprint density at radius 3 is 2.31 bits per heavy atom.